The molecule has 0 amide bonds. The molecule has 0 fully saturated rings. The van der Waals surface area contributed by atoms with E-state index >= 15 is 0 Å². The zero-order valence-corrected chi connectivity index (χ0v) is 11.8. The lowest BCUT2D eigenvalue weighted by atomic mass is 9.97. The Bertz CT molecular complexity index is 547. The van der Waals surface area contributed by atoms with Gasteiger partial charge >= 0.3 is 18.1 Å². The zero-order chi connectivity index (χ0) is 16.9. The Kier molecular flexibility index (Phi) is 5.67. The van der Waals surface area contributed by atoms with Gasteiger partial charge in [0.2, 0.25) is 0 Å². The van der Waals surface area contributed by atoms with Crippen LogP contribution in [0.1, 0.15) is 22.3 Å². The number of carbonyl (C=O) groups is 3. The summed E-state index contributed by atoms with van der Waals surface area (Å²) >= 11 is 0. The Hall–Kier alpha value is -2.38. The Morgan fingerprint density at radius 3 is 1.82 bits per heavy atom. The van der Waals surface area contributed by atoms with Crippen LogP contribution in [0.4, 0.5) is 13.2 Å². The van der Waals surface area contributed by atoms with Gasteiger partial charge in [-0.05, 0) is 12.1 Å². The summed E-state index contributed by atoms with van der Waals surface area (Å²) in [5, 5.41) is 0. The van der Waals surface area contributed by atoms with Crippen molar-refractivity contribution in [1.82, 2.24) is 0 Å². The van der Waals surface area contributed by atoms with E-state index in [1.165, 1.54) is 0 Å². The fourth-order valence-electron chi connectivity index (χ4n) is 1.70. The first-order valence-electron chi connectivity index (χ1n) is 6.06. The number of hydrogen-bond acceptors (Lipinski definition) is 5. The van der Waals surface area contributed by atoms with Crippen molar-refractivity contribution in [1.29, 1.82) is 0 Å². The van der Waals surface area contributed by atoms with Gasteiger partial charge in [-0.15, -0.1) is 0 Å². The molecule has 22 heavy (non-hydrogen) atoms. The minimum atomic E-state index is -4.51. The number of hydrogen-bond donors (Lipinski definition) is 0. The van der Waals surface area contributed by atoms with Gasteiger partial charge in [-0.3, -0.25) is 14.4 Å². The topological polar surface area (TPSA) is 69.7 Å². The summed E-state index contributed by atoms with van der Waals surface area (Å²) < 4.78 is 46.1. The highest BCUT2D eigenvalue weighted by molar-refractivity contribution is 6.04. The monoisotopic (exact) mass is 318 g/mol. The number of esters is 2. The lowest BCUT2D eigenvalue weighted by Crippen LogP contribution is -2.29. The van der Waals surface area contributed by atoms with Gasteiger partial charge in [-0.1, -0.05) is 12.1 Å². The summed E-state index contributed by atoms with van der Waals surface area (Å²) in [6, 6.07) is 3.46. The standard InChI is InChI=1S/C14H13F3O5/c1-21-12(19)10(13(20)22-2)7-11(18)8-3-5-9(6-4-8)14(15,16)17/h3-6,10H,7H2,1-2H3. The highest BCUT2D eigenvalue weighted by Gasteiger charge is 2.33. The molecule has 8 heteroatoms. The molecule has 0 atom stereocenters. The van der Waals surface area contributed by atoms with Crippen molar-refractivity contribution in [3.63, 3.8) is 0 Å². The van der Waals surface area contributed by atoms with E-state index in [-0.39, 0.29) is 5.56 Å². The normalized spacial score (nSPS) is 11.2. The molecule has 0 bridgehead atoms. The fraction of sp³-hybridized carbons (Fsp3) is 0.357. The van der Waals surface area contributed by atoms with Gasteiger partial charge in [-0.25, -0.2) is 0 Å². The second-order valence-electron chi connectivity index (χ2n) is 4.30. The van der Waals surface area contributed by atoms with Crippen molar-refractivity contribution in [3.05, 3.63) is 35.4 Å². The van der Waals surface area contributed by atoms with Crippen molar-refractivity contribution in [2.24, 2.45) is 5.92 Å². The molecule has 0 saturated carbocycles. The minimum Gasteiger partial charge on any atom is -0.468 e. The highest BCUT2D eigenvalue weighted by atomic mass is 19.4. The van der Waals surface area contributed by atoms with E-state index < -0.39 is 41.8 Å². The van der Waals surface area contributed by atoms with Crippen LogP contribution in [0.5, 0.6) is 0 Å². The summed E-state index contributed by atoms with van der Waals surface area (Å²) in [5.41, 5.74) is -0.952. The van der Waals surface area contributed by atoms with Crippen LogP contribution in [0.2, 0.25) is 0 Å². The highest BCUT2D eigenvalue weighted by Crippen LogP contribution is 2.29. The Balaban J connectivity index is 2.91. The Morgan fingerprint density at radius 2 is 1.45 bits per heavy atom. The van der Waals surface area contributed by atoms with E-state index in [1.807, 2.05) is 0 Å². The Morgan fingerprint density at radius 1 is 1.00 bits per heavy atom. The quantitative estimate of drug-likeness (QED) is 0.473. The van der Waals surface area contributed by atoms with E-state index in [1.54, 1.807) is 0 Å². The van der Waals surface area contributed by atoms with Crippen LogP contribution < -0.4 is 0 Å². The number of halogens is 3. The third-order valence-corrected chi connectivity index (χ3v) is 2.90. The SMILES string of the molecule is COC(=O)C(CC(=O)c1ccc(C(F)(F)F)cc1)C(=O)OC. The number of ketones is 1. The van der Waals surface area contributed by atoms with Crippen molar-refractivity contribution in [2.75, 3.05) is 14.2 Å². The predicted octanol–water partition coefficient (Wildman–Crippen LogP) is 2.24. The van der Waals surface area contributed by atoms with E-state index in [2.05, 4.69) is 9.47 Å². The molecule has 0 aliphatic heterocycles. The molecule has 0 unspecified atom stereocenters. The van der Waals surface area contributed by atoms with Crippen LogP contribution in [0, 0.1) is 5.92 Å². The minimum absolute atomic E-state index is 0.0502. The van der Waals surface area contributed by atoms with Crippen LogP contribution in [-0.4, -0.2) is 31.9 Å². The predicted molar refractivity (Wildman–Crippen MR) is 67.9 cm³/mol. The molecule has 0 saturated heterocycles. The summed E-state index contributed by atoms with van der Waals surface area (Å²) in [6.45, 7) is 0. The molecule has 0 aliphatic rings. The summed E-state index contributed by atoms with van der Waals surface area (Å²) in [7, 11) is 2.09. The van der Waals surface area contributed by atoms with Crippen molar-refractivity contribution >= 4 is 17.7 Å². The van der Waals surface area contributed by atoms with Gasteiger partial charge in [0.1, 0.15) is 0 Å². The third-order valence-electron chi connectivity index (χ3n) is 2.90. The van der Waals surface area contributed by atoms with Crippen LogP contribution >= 0.6 is 0 Å². The number of benzene rings is 1. The van der Waals surface area contributed by atoms with Crippen molar-refractivity contribution in [3.8, 4) is 0 Å². The first-order chi connectivity index (χ1) is 10.2. The maximum absolute atomic E-state index is 12.4. The number of rotatable bonds is 5. The average Bonchev–Trinajstić information content (AvgIpc) is 2.50. The van der Waals surface area contributed by atoms with Crippen LogP contribution in [0.15, 0.2) is 24.3 Å². The van der Waals surface area contributed by atoms with E-state index in [9.17, 15) is 27.6 Å². The van der Waals surface area contributed by atoms with Crippen LogP contribution in [0.25, 0.3) is 0 Å². The van der Waals surface area contributed by atoms with E-state index in [4.69, 9.17) is 0 Å². The van der Waals surface area contributed by atoms with Gasteiger partial charge < -0.3 is 9.47 Å². The fourth-order valence-corrected chi connectivity index (χ4v) is 1.70. The molecule has 0 radical (unpaired) electrons. The number of alkyl halides is 3. The van der Waals surface area contributed by atoms with Gasteiger partial charge in [0, 0.05) is 12.0 Å². The maximum atomic E-state index is 12.4. The second-order valence-corrected chi connectivity index (χ2v) is 4.30. The van der Waals surface area contributed by atoms with Crippen LogP contribution in [-0.2, 0) is 25.2 Å². The van der Waals surface area contributed by atoms with E-state index in [0.29, 0.717) is 0 Å². The number of methoxy groups -OCH3 is 2. The number of Topliss-reactive ketones (excluding diaryl/α,β-unsaturated/α-hetero) is 1. The third kappa shape index (κ3) is 4.31. The first-order valence-corrected chi connectivity index (χ1v) is 6.06. The molecule has 120 valence electrons. The number of ether oxygens (including phenoxy) is 2. The van der Waals surface area contributed by atoms with Gasteiger partial charge in [-0.2, -0.15) is 13.2 Å². The lowest BCUT2D eigenvalue weighted by molar-refractivity contribution is -0.158. The van der Waals surface area contributed by atoms with Crippen LogP contribution in [0.3, 0.4) is 0 Å². The first kappa shape index (κ1) is 17.7. The molecule has 0 spiro atoms. The summed E-state index contributed by atoms with van der Waals surface area (Å²) in [5.74, 6) is -4.03. The molecule has 1 aromatic carbocycles. The molecule has 0 heterocycles. The summed E-state index contributed by atoms with van der Waals surface area (Å²) in [4.78, 5) is 34.8. The van der Waals surface area contributed by atoms with E-state index in [0.717, 1.165) is 38.5 Å². The van der Waals surface area contributed by atoms with Crippen molar-refractivity contribution in [2.45, 2.75) is 12.6 Å². The van der Waals surface area contributed by atoms with Gasteiger partial charge in [0.25, 0.3) is 0 Å². The number of carbonyl (C=O) groups excluding carboxylic acids is 3. The molecule has 5 nitrogen and oxygen atoms in total. The van der Waals surface area contributed by atoms with Gasteiger partial charge in [0.15, 0.2) is 11.7 Å². The largest absolute Gasteiger partial charge is 0.468 e. The molecular weight excluding hydrogens is 305 g/mol. The molecule has 0 N–H and O–H groups in total. The Labute approximate surface area is 124 Å². The maximum Gasteiger partial charge on any atom is 0.416 e. The molecule has 0 aromatic heterocycles. The zero-order valence-electron chi connectivity index (χ0n) is 11.8. The lowest BCUT2D eigenvalue weighted by Gasteiger charge is -2.12. The molecule has 0 aliphatic carbocycles. The second kappa shape index (κ2) is 7.06. The average molecular weight is 318 g/mol. The summed E-state index contributed by atoms with van der Waals surface area (Å²) in [6.07, 6.45) is -5.06. The molecule has 1 aromatic rings. The smallest absolute Gasteiger partial charge is 0.416 e. The molecule has 1 rings (SSSR count). The van der Waals surface area contributed by atoms with Crippen molar-refractivity contribution < 1.29 is 37.0 Å². The molecular formula is C14H13F3O5. The van der Waals surface area contributed by atoms with Gasteiger partial charge in [0.05, 0.1) is 19.8 Å².